The molecule has 1 rings (SSSR count). The molecule has 0 unspecified atom stereocenters. The fourth-order valence-electron chi connectivity index (χ4n) is 1.04. The van der Waals surface area contributed by atoms with Gasteiger partial charge in [0.25, 0.3) is 0 Å². The summed E-state index contributed by atoms with van der Waals surface area (Å²) in [6, 6.07) is 3.76. The van der Waals surface area contributed by atoms with E-state index >= 15 is 0 Å². The second-order valence-electron chi connectivity index (χ2n) is 2.78. The first-order chi connectivity index (χ1) is 7.24. The average Bonchev–Trinajstić information content (AvgIpc) is 2.69. The number of hydrogen-bond donors (Lipinski definition) is 1. The molecule has 80 valence electrons. The lowest BCUT2D eigenvalue weighted by atomic mass is 10.2. The van der Waals surface area contributed by atoms with Crippen LogP contribution in [0.25, 0.3) is 6.08 Å². The van der Waals surface area contributed by atoms with E-state index < -0.39 is 5.97 Å². The molecule has 15 heavy (non-hydrogen) atoms. The Morgan fingerprint density at radius 3 is 3.00 bits per heavy atom. The molecule has 1 aromatic rings. The van der Waals surface area contributed by atoms with Gasteiger partial charge in [0.05, 0.1) is 12.9 Å². The van der Waals surface area contributed by atoms with E-state index in [1.54, 1.807) is 6.08 Å². The summed E-state index contributed by atoms with van der Waals surface area (Å²) < 4.78 is 4.90. The van der Waals surface area contributed by atoms with Crippen molar-refractivity contribution in [1.29, 1.82) is 0 Å². The molecule has 0 aliphatic heterocycles. The SMILES string of the molecule is C=COCCC(=Cc1cccs1)C(=O)O. The highest BCUT2D eigenvalue weighted by Crippen LogP contribution is 2.15. The zero-order chi connectivity index (χ0) is 11.1. The number of hydrogen-bond acceptors (Lipinski definition) is 3. The van der Waals surface area contributed by atoms with Crippen molar-refractivity contribution in [2.75, 3.05) is 6.61 Å². The molecule has 1 heterocycles. The molecule has 4 heteroatoms. The predicted molar refractivity (Wildman–Crippen MR) is 60.7 cm³/mol. The van der Waals surface area contributed by atoms with Crippen molar-refractivity contribution < 1.29 is 14.6 Å². The predicted octanol–water partition coefficient (Wildman–Crippen LogP) is 2.77. The molecule has 0 fully saturated rings. The summed E-state index contributed by atoms with van der Waals surface area (Å²) in [5, 5.41) is 10.8. The van der Waals surface area contributed by atoms with E-state index in [2.05, 4.69) is 6.58 Å². The molecule has 1 aromatic heterocycles. The monoisotopic (exact) mass is 224 g/mol. The van der Waals surface area contributed by atoms with Gasteiger partial charge >= 0.3 is 5.97 Å². The fourth-order valence-corrected chi connectivity index (χ4v) is 1.72. The van der Waals surface area contributed by atoms with E-state index in [0.29, 0.717) is 18.6 Å². The largest absolute Gasteiger partial charge is 0.501 e. The molecule has 0 atom stereocenters. The van der Waals surface area contributed by atoms with Crippen LogP contribution in [0.4, 0.5) is 0 Å². The van der Waals surface area contributed by atoms with Crippen molar-refractivity contribution in [2.24, 2.45) is 0 Å². The standard InChI is InChI=1S/C11H12O3S/c1-2-14-6-5-9(11(12)13)8-10-4-3-7-15-10/h2-4,7-8H,1,5-6H2,(H,12,13). The smallest absolute Gasteiger partial charge is 0.331 e. The van der Waals surface area contributed by atoms with Gasteiger partial charge in [-0.25, -0.2) is 4.79 Å². The molecule has 0 bridgehead atoms. The Hall–Kier alpha value is -1.55. The third kappa shape index (κ3) is 3.99. The normalized spacial score (nSPS) is 11.1. The first kappa shape index (κ1) is 11.5. The third-order valence-electron chi connectivity index (χ3n) is 1.74. The molecule has 0 saturated heterocycles. The lowest BCUT2D eigenvalue weighted by molar-refractivity contribution is -0.132. The molecule has 0 spiro atoms. The third-order valence-corrected chi connectivity index (χ3v) is 2.56. The molecule has 0 aliphatic rings. The number of thiophene rings is 1. The van der Waals surface area contributed by atoms with Crippen molar-refractivity contribution in [3.63, 3.8) is 0 Å². The summed E-state index contributed by atoms with van der Waals surface area (Å²) in [7, 11) is 0. The van der Waals surface area contributed by atoms with Gasteiger partial charge in [-0.2, -0.15) is 0 Å². The van der Waals surface area contributed by atoms with Crippen LogP contribution in [-0.4, -0.2) is 17.7 Å². The van der Waals surface area contributed by atoms with Gasteiger partial charge < -0.3 is 9.84 Å². The van der Waals surface area contributed by atoms with Crippen LogP contribution < -0.4 is 0 Å². The van der Waals surface area contributed by atoms with Crippen LogP contribution in [0.5, 0.6) is 0 Å². The van der Waals surface area contributed by atoms with Gasteiger partial charge in [0.15, 0.2) is 0 Å². The minimum atomic E-state index is -0.906. The van der Waals surface area contributed by atoms with Crippen LogP contribution >= 0.6 is 11.3 Å². The molecule has 0 saturated carbocycles. The molecule has 0 aliphatic carbocycles. The average molecular weight is 224 g/mol. The minimum Gasteiger partial charge on any atom is -0.501 e. The zero-order valence-corrected chi connectivity index (χ0v) is 9.00. The van der Waals surface area contributed by atoms with Crippen molar-refractivity contribution in [3.8, 4) is 0 Å². The Morgan fingerprint density at radius 2 is 2.47 bits per heavy atom. The minimum absolute atomic E-state index is 0.340. The number of aliphatic carboxylic acids is 1. The highest BCUT2D eigenvalue weighted by molar-refractivity contribution is 7.10. The number of carboxylic acid groups (broad SMARTS) is 1. The topological polar surface area (TPSA) is 46.5 Å². The molecule has 1 N–H and O–H groups in total. The summed E-state index contributed by atoms with van der Waals surface area (Å²) in [6.45, 7) is 3.73. The Balaban J connectivity index is 2.65. The number of carbonyl (C=O) groups is 1. The Morgan fingerprint density at radius 1 is 1.67 bits per heavy atom. The van der Waals surface area contributed by atoms with Gasteiger partial charge in [0, 0.05) is 16.9 Å². The van der Waals surface area contributed by atoms with Crippen molar-refractivity contribution in [1.82, 2.24) is 0 Å². The van der Waals surface area contributed by atoms with E-state index in [1.807, 2.05) is 17.5 Å². The van der Waals surface area contributed by atoms with Crippen molar-refractivity contribution >= 4 is 23.4 Å². The second-order valence-corrected chi connectivity index (χ2v) is 3.76. The van der Waals surface area contributed by atoms with Crippen LogP contribution in [0, 0.1) is 0 Å². The second kappa shape index (κ2) is 6.03. The fraction of sp³-hybridized carbons (Fsp3) is 0.182. The Kier molecular flexibility index (Phi) is 4.63. The Bertz CT molecular complexity index is 352. The van der Waals surface area contributed by atoms with E-state index in [9.17, 15) is 4.79 Å². The number of ether oxygens (including phenoxy) is 1. The molecule has 0 radical (unpaired) electrons. The van der Waals surface area contributed by atoms with E-state index in [0.717, 1.165) is 4.88 Å². The van der Waals surface area contributed by atoms with Gasteiger partial charge in [0.1, 0.15) is 0 Å². The van der Waals surface area contributed by atoms with E-state index in [1.165, 1.54) is 17.6 Å². The van der Waals surface area contributed by atoms with Crippen LogP contribution in [0.1, 0.15) is 11.3 Å². The van der Waals surface area contributed by atoms with Gasteiger partial charge in [-0.05, 0) is 17.5 Å². The molecule has 0 aromatic carbocycles. The summed E-state index contributed by atoms with van der Waals surface area (Å²) in [5.41, 5.74) is 0.347. The highest BCUT2D eigenvalue weighted by Gasteiger charge is 2.07. The lowest BCUT2D eigenvalue weighted by Crippen LogP contribution is -2.03. The maximum absolute atomic E-state index is 10.9. The lowest BCUT2D eigenvalue weighted by Gasteiger charge is -2.01. The molecular formula is C11H12O3S. The van der Waals surface area contributed by atoms with Crippen molar-refractivity contribution in [3.05, 3.63) is 40.8 Å². The molecule has 3 nitrogen and oxygen atoms in total. The van der Waals surface area contributed by atoms with Gasteiger partial charge in [-0.1, -0.05) is 12.6 Å². The van der Waals surface area contributed by atoms with Crippen LogP contribution in [0.15, 0.2) is 35.9 Å². The maximum atomic E-state index is 10.9. The number of carboxylic acids is 1. The quantitative estimate of drug-likeness (QED) is 0.459. The summed E-state index contributed by atoms with van der Waals surface area (Å²) in [6.07, 6.45) is 3.35. The first-order valence-corrected chi connectivity index (χ1v) is 5.32. The van der Waals surface area contributed by atoms with Gasteiger partial charge in [-0.3, -0.25) is 0 Å². The summed E-state index contributed by atoms with van der Waals surface area (Å²) in [4.78, 5) is 11.8. The zero-order valence-electron chi connectivity index (χ0n) is 8.18. The first-order valence-electron chi connectivity index (χ1n) is 4.44. The van der Waals surface area contributed by atoms with E-state index in [-0.39, 0.29) is 0 Å². The van der Waals surface area contributed by atoms with Crippen LogP contribution in [0.2, 0.25) is 0 Å². The van der Waals surface area contributed by atoms with Gasteiger partial charge in [-0.15, -0.1) is 11.3 Å². The van der Waals surface area contributed by atoms with Crippen LogP contribution in [-0.2, 0) is 9.53 Å². The molecular weight excluding hydrogens is 212 g/mol. The summed E-state index contributed by atoms with van der Waals surface area (Å²) in [5.74, 6) is -0.906. The number of rotatable bonds is 6. The van der Waals surface area contributed by atoms with E-state index in [4.69, 9.17) is 9.84 Å². The summed E-state index contributed by atoms with van der Waals surface area (Å²) >= 11 is 1.51. The van der Waals surface area contributed by atoms with Gasteiger partial charge in [0.2, 0.25) is 0 Å². The maximum Gasteiger partial charge on any atom is 0.331 e. The highest BCUT2D eigenvalue weighted by atomic mass is 32.1. The van der Waals surface area contributed by atoms with Crippen LogP contribution in [0.3, 0.4) is 0 Å². The van der Waals surface area contributed by atoms with Crippen molar-refractivity contribution in [2.45, 2.75) is 6.42 Å². The Labute approximate surface area is 92.3 Å². The molecule has 0 amide bonds.